The van der Waals surface area contributed by atoms with Crippen molar-refractivity contribution in [1.82, 2.24) is 0 Å². The second-order valence-electron chi connectivity index (χ2n) is 3.68. The number of hydrogen-bond acceptors (Lipinski definition) is 2. The van der Waals surface area contributed by atoms with Gasteiger partial charge in [0.1, 0.15) is 10.3 Å². The summed E-state index contributed by atoms with van der Waals surface area (Å²) in [6, 6.07) is 6.59. The van der Waals surface area contributed by atoms with E-state index in [1.807, 2.05) is 0 Å². The standard InChI is InChI=1S/C11H8Cl2O2/c1-11(13)9(12)8(14)6-4-2-3-5-7(6)10(11)15/h2-5,9H,1H3. The van der Waals surface area contributed by atoms with Gasteiger partial charge in [0, 0.05) is 11.1 Å². The van der Waals surface area contributed by atoms with E-state index in [2.05, 4.69) is 0 Å². The van der Waals surface area contributed by atoms with Crippen LogP contribution in [0.25, 0.3) is 0 Å². The molecule has 1 aliphatic rings. The lowest BCUT2D eigenvalue weighted by atomic mass is 9.82. The first kappa shape index (κ1) is 10.7. The first-order valence-corrected chi connectivity index (χ1v) is 5.28. The first-order valence-electron chi connectivity index (χ1n) is 4.47. The summed E-state index contributed by atoms with van der Waals surface area (Å²) in [4.78, 5) is 22.4. The molecule has 1 aliphatic carbocycles. The fraction of sp³-hybridized carbons (Fsp3) is 0.273. The van der Waals surface area contributed by atoms with E-state index in [9.17, 15) is 9.59 Å². The third kappa shape index (κ3) is 1.40. The Morgan fingerprint density at radius 2 is 1.73 bits per heavy atom. The summed E-state index contributed by atoms with van der Waals surface area (Å²) in [5, 5.41) is -0.999. The molecule has 0 saturated carbocycles. The molecule has 78 valence electrons. The molecule has 2 rings (SSSR count). The van der Waals surface area contributed by atoms with Crippen molar-refractivity contribution in [3.63, 3.8) is 0 Å². The minimum atomic E-state index is -1.34. The van der Waals surface area contributed by atoms with Crippen LogP contribution in [0.15, 0.2) is 24.3 Å². The molecule has 0 aromatic heterocycles. The van der Waals surface area contributed by atoms with Crippen LogP contribution in [-0.2, 0) is 0 Å². The molecule has 0 radical (unpaired) electrons. The number of alkyl halides is 2. The Hall–Kier alpha value is -0.860. The van der Waals surface area contributed by atoms with Crippen LogP contribution in [0.4, 0.5) is 0 Å². The molecular weight excluding hydrogens is 235 g/mol. The van der Waals surface area contributed by atoms with Crippen molar-refractivity contribution in [2.45, 2.75) is 17.2 Å². The maximum Gasteiger partial charge on any atom is 0.186 e. The fourth-order valence-corrected chi connectivity index (χ4v) is 2.07. The van der Waals surface area contributed by atoms with E-state index in [-0.39, 0.29) is 11.6 Å². The molecule has 0 saturated heterocycles. The second kappa shape index (κ2) is 3.32. The molecule has 1 aromatic carbocycles. The van der Waals surface area contributed by atoms with Crippen molar-refractivity contribution in [1.29, 1.82) is 0 Å². The molecule has 0 amide bonds. The van der Waals surface area contributed by atoms with E-state index in [1.54, 1.807) is 24.3 Å². The number of hydrogen-bond donors (Lipinski definition) is 0. The summed E-state index contributed by atoms with van der Waals surface area (Å²) in [6.07, 6.45) is 0. The molecule has 0 N–H and O–H groups in total. The molecule has 0 spiro atoms. The van der Waals surface area contributed by atoms with Gasteiger partial charge in [-0.1, -0.05) is 24.3 Å². The number of carbonyl (C=O) groups is 2. The highest BCUT2D eigenvalue weighted by Crippen LogP contribution is 2.36. The predicted molar refractivity (Wildman–Crippen MR) is 59.0 cm³/mol. The molecule has 0 bridgehead atoms. The van der Waals surface area contributed by atoms with Gasteiger partial charge in [0.15, 0.2) is 11.6 Å². The number of Topliss-reactive ketones (excluding diaryl/α,β-unsaturated/α-hetero) is 2. The summed E-state index contributed by atoms with van der Waals surface area (Å²) in [5.74, 6) is -0.580. The fourth-order valence-electron chi connectivity index (χ4n) is 1.66. The average molecular weight is 243 g/mol. The highest BCUT2D eigenvalue weighted by molar-refractivity contribution is 6.51. The van der Waals surface area contributed by atoms with Gasteiger partial charge < -0.3 is 0 Å². The third-order valence-corrected chi connectivity index (χ3v) is 3.72. The zero-order chi connectivity index (χ0) is 11.2. The van der Waals surface area contributed by atoms with E-state index >= 15 is 0 Å². The van der Waals surface area contributed by atoms with Crippen LogP contribution < -0.4 is 0 Å². The van der Waals surface area contributed by atoms with Crippen LogP contribution in [0, 0.1) is 0 Å². The SMILES string of the molecule is CC1(Cl)C(=O)c2ccccc2C(=O)C1Cl. The van der Waals surface area contributed by atoms with E-state index < -0.39 is 10.3 Å². The van der Waals surface area contributed by atoms with Crippen LogP contribution in [0.1, 0.15) is 27.6 Å². The van der Waals surface area contributed by atoms with Crippen LogP contribution in [0.2, 0.25) is 0 Å². The number of benzene rings is 1. The van der Waals surface area contributed by atoms with Crippen LogP contribution in [0.5, 0.6) is 0 Å². The normalized spacial score (nSPS) is 30.2. The van der Waals surface area contributed by atoms with Gasteiger partial charge in [0.25, 0.3) is 0 Å². The Balaban J connectivity index is 2.68. The van der Waals surface area contributed by atoms with Gasteiger partial charge in [-0.25, -0.2) is 0 Å². The summed E-state index contributed by atoms with van der Waals surface area (Å²) in [6.45, 7) is 1.47. The van der Waals surface area contributed by atoms with Gasteiger partial charge in [0.05, 0.1) is 0 Å². The number of halogens is 2. The van der Waals surface area contributed by atoms with E-state index in [0.717, 1.165) is 0 Å². The first-order chi connectivity index (χ1) is 6.96. The van der Waals surface area contributed by atoms with Gasteiger partial charge in [0.2, 0.25) is 0 Å². The quantitative estimate of drug-likeness (QED) is 0.656. The van der Waals surface area contributed by atoms with Crippen LogP contribution >= 0.6 is 23.2 Å². The Morgan fingerprint density at radius 1 is 1.20 bits per heavy atom. The third-order valence-electron chi connectivity index (χ3n) is 2.59. The minimum absolute atomic E-state index is 0.288. The molecule has 0 heterocycles. The molecular formula is C11H8Cl2O2. The van der Waals surface area contributed by atoms with E-state index in [0.29, 0.717) is 11.1 Å². The van der Waals surface area contributed by atoms with Crippen LogP contribution in [0.3, 0.4) is 0 Å². The second-order valence-corrected chi connectivity index (χ2v) is 4.90. The largest absolute Gasteiger partial charge is 0.292 e. The van der Waals surface area contributed by atoms with Gasteiger partial charge in [-0.15, -0.1) is 23.2 Å². The highest BCUT2D eigenvalue weighted by Gasteiger charge is 2.48. The van der Waals surface area contributed by atoms with Crippen molar-refractivity contribution >= 4 is 34.8 Å². The molecule has 0 aliphatic heterocycles. The Kier molecular flexibility index (Phi) is 2.36. The number of carbonyl (C=O) groups excluding carboxylic acids is 2. The number of ketones is 2. The molecule has 2 nitrogen and oxygen atoms in total. The van der Waals surface area contributed by atoms with Crippen molar-refractivity contribution in [2.75, 3.05) is 0 Å². The number of fused-ring (bicyclic) bond motifs is 1. The van der Waals surface area contributed by atoms with Crippen molar-refractivity contribution in [3.8, 4) is 0 Å². The lowest BCUT2D eigenvalue weighted by molar-refractivity contribution is 0.0858. The maximum atomic E-state index is 11.9. The van der Waals surface area contributed by atoms with E-state index in [4.69, 9.17) is 23.2 Å². The summed E-state index contributed by atoms with van der Waals surface area (Å²) >= 11 is 11.9. The van der Waals surface area contributed by atoms with Gasteiger partial charge >= 0.3 is 0 Å². The van der Waals surface area contributed by atoms with Crippen molar-refractivity contribution in [2.24, 2.45) is 0 Å². The van der Waals surface area contributed by atoms with Crippen LogP contribution in [-0.4, -0.2) is 21.8 Å². The van der Waals surface area contributed by atoms with Gasteiger partial charge in [-0.3, -0.25) is 9.59 Å². The Morgan fingerprint density at radius 3 is 2.33 bits per heavy atom. The zero-order valence-corrected chi connectivity index (χ0v) is 9.47. The minimum Gasteiger partial charge on any atom is -0.292 e. The lowest BCUT2D eigenvalue weighted by Crippen LogP contribution is -2.47. The molecule has 1 aromatic rings. The smallest absolute Gasteiger partial charge is 0.186 e. The highest BCUT2D eigenvalue weighted by atomic mass is 35.5. The Bertz CT molecular complexity index is 452. The summed E-state index contributed by atoms with van der Waals surface area (Å²) in [7, 11) is 0. The predicted octanol–water partition coefficient (Wildman–Crippen LogP) is 2.67. The topological polar surface area (TPSA) is 34.1 Å². The van der Waals surface area contributed by atoms with Crippen molar-refractivity contribution < 1.29 is 9.59 Å². The molecule has 4 heteroatoms. The Labute approximate surface area is 97.2 Å². The lowest BCUT2D eigenvalue weighted by Gasteiger charge is -2.30. The van der Waals surface area contributed by atoms with E-state index in [1.165, 1.54) is 6.92 Å². The maximum absolute atomic E-state index is 11.9. The molecule has 2 atom stereocenters. The monoisotopic (exact) mass is 242 g/mol. The molecule has 0 fully saturated rings. The van der Waals surface area contributed by atoms with Gasteiger partial charge in [-0.05, 0) is 6.92 Å². The summed E-state index contributed by atoms with van der Waals surface area (Å²) in [5.41, 5.74) is 0.720. The summed E-state index contributed by atoms with van der Waals surface area (Å²) < 4.78 is 0. The molecule has 2 unspecified atom stereocenters. The van der Waals surface area contributed by atoms with Gasteiger partial charge in [-0.2, -0.15) is 0 Å². The molecule has 15 heavy (non-hydrogen) atoms. The average Bonchev–Trinajstić information content (AvgIpc) is 2.24. The van der Waals surface area contributed by atoms with Crippen molar-refractivity contribution in [3.05, 3.63) is 35.4 Å². The zero-order valence-electron chi connectivity index (χ0n) is 7.96. The number of rotatable bonds is 0.